The summed E-state index contributed by atoms with van der Waals surface area (Å²) in [5, 5.41) is 13.1. The van der Waals surface area contributed by atoms with E-state index < -0.39 is 26.5 Å². The fraction of sp³-hybridized carbons (Fsp3) is 0.481. The Labute approximate surface area is 418 Å². The van der Waals surface area contributed by atoms with Gasteiger partial charge in [0.15, 0.2) is 8.32 Å². The van der Waals surface area contributed by atoms with Gasteiger partial charge in [-0.1, -0.05) is 81.4 Å². The third kappa shape index (κ3) is 10.9. The number of amides is 2. The first-order chi connectivity index (χ1) is 33.6. The lowest BCUT2D eigenvalue weighted by Crippen LogP contribution is -2.44. The van der Waals surface area contributed by atoms with E-state index in [2.05, 4.69) is 33.9 Å². The van der Waals surface area contributed by atoms with Crippen molar-refractivity contribution in [1.29, 1.82) is 0 Å². The summed E-state index contributed by atoms with van der Waals surface area (Å²) in [5.74, 6) is 0.313. The largest absolute Gasteiger partial charge is 0.496 e. The molecule has 4 aliphatic rings. The van der Waals surface area contributed by atoms with Gasteiger partial charge in [-0.2, -0.15) is 10.1 Å². The van der Waals surface area contributed by atoms with Crippen LogP contribution in [-0.2, 0) is 46.3 Å². The molecular formula is C54H70N4O12Si. The van der Waals surface area contributed by atoms with Crippen molar-refractivity contribution >= 4 is 32.1 Å². The highest BCUT2D eigenvalue weighted by Crippen LogP contribution is 2.44. The molecule has 1 N–H and O–H groups in total. The van der Waals surface area contributed by atoms with Crippen LogP contribution in [0.4, 0.5) is 0 Å². The van der Waals surface area contributed by atoms with E-state index in [0.717, 1.165) is 33.4 Å². The Morgan fingerprint density at radius 3 is 1.41 bits per heavy atom. The van der Waals surface area contributed by atoms with Gasteiger partial charge in [0.05, 0.1) is 52.4 Å². The fourth-order valence-corrected chi connectivity index (χ4v) is 10.6. The molecule has 2 amide bonds. The smallest absolute Gasteiger partial charge is 0.326 e. The van der Waals surface area contributed by atoms with E-state index in [1.54, 1.807) is 69.6 Å². The van der Waals surface area contributed by atoms with Crippen molar-refractivity contribution < 1.29 is 57.3 Å². The second-order valence-corrected chi connectivity index (χ2v) is 25.4. The van der Waals surface area contributed by atoms with Crippen molar-refractivity contribution in [3.8, 4) is 33.8 Å². The molecule has 4 fully saturated rings. The van der Waals surface area contributed by atoms with Crippen LogP contribution in [0.1, 0.15) is 66.5 Å². The van der Waals surface area contributed by atoms with Crippen LogP contribution in [0.3, 0.4) is 0 Å². The molecule has 4 aromatic rings. The Morgan fingerprint density at radius 2 is 1.04 bits per heavy atom. The summed E-state index contributed by atoms with van der Waals surface area (Å²) in [4.78, 5) is 65.3. The number of fused-ring (bicyclic) bond motifs is 2. The van der Waals surface area contributed by atoms with E-state index in [0.29, 0.717) is 42.3 Å². The molecule has 71 heavy (non-hydrogen) atoms. The maximum Gasteiger partial charge on any atom is 0.326 e. The molecule has 4 saturated heterocycles. The number of methoxy groups -OCH3 is 2. The second-order valence-electron chi connectivity index (χ2n) is 20.6. The minimum absolute atomic E-state index is 0.0484. The summed E-state index contributed by atoms with van der Waals surface area (Å²) in [6, 6.07) is 25.5. The van der Waals surface area contributed by atoms with Crippen LogP contribution in [-0.4, -0.2) is 149 Å². The molecule has 0 aliphatic carbocycles. The summed E-state index contributed by atoms with van der Waals surface area (Å²) >= 11 is 0. The Hall–Kier alpha value is -5.66. The number of hydroxylamine groups is 4. The van der Waals surface area contributed by atoms with Gasteiger partial charge in [0.1, 0.15) is 48.0 Å². The van der Waals surface area contributed by atoms with Crippen molar-refractivity contribution in [3.63, 3.8) is 0 Å². The lowest BCUT2D eigenvalue weighted by Gasteiger charge is -2.37. The normalized spacial score (nSPS) is 24.1. The predicted octanol–water partition coefficient (Wildman–Crippen LogP) is 7.23. The number of hydrogen-bond donors (Lipinski definition) is 1. The van der Waals surface area contributed by atoms with Gasteiger partial charge in [-0.25, -0.2) is 0 Å². The molecule has 4 aromatic carbocycles. The van der Waals surface area contributed by atoms with E-state index in [-0.39, 0.29) is 65.5 Å². The number of rotatable bonds is 14. The number of aliphatic hydroxyl groups is 1. The zero-order chi connectivity index (χ0) is 51.7. The van der Waals surface area contributed by atoms with Gasteiger partial charge in [-0.05, 0) is 67.4 Å². The van der Waals surface area contributed by atoms with Gasteiger partial charge < -0.3 is 38.3 Å². The molecular weight excluding hydrogens is 925 g/mol. The third-order valence-corrected chi connectivity index (χ3v) is 19.0. The van der Waals surface area contributed by atoms with Gasteiger partial charge in [-0.3, -0.25) is 28.9 Å². The lowest BCUT2D eigenvalue weighted by atomic mass is 9.92. The summed E-state index contributed by atoms with van der Waals surface area (Å²) in [6.45, 7) is 15.7. The quantitative estimate of drug-likeness (QED) is 0.0993. The van der Waals surface area contributed by atoms with E-state index in [1.807, 2.05) is 86.6 Å². The molecule has 0 saturated carbocycles. The van der Waals surface area contributed by atoms with E-state index in [4.69, 9.17) is 33.0 Å². The van der Waals surface area contributed by atoms with Crippen LogP contribution >= 0.6 is 0 Å². The number of esters is 2. The zero-order valence-corrected chi connectivity index (χ0v) is 44.3. The molecule has 0 aromatic heterocycles. The van der Waals surface area contributed by atoms with Crippen molar-refractivity contribution in [2.45, 2.75) is 102 Å². The summed E-state index contributed by atoms with van der Waals surface area (Å²) in [6.07, 6.45) is -1.33. The van der Waals surface area contributed by atoms with Crippen LogP contribution < -0.4 is 9.47 Å². The highest BCUT2D eigenvalue weighted by atomic mass is 28.4. The van der Waals surface area contributed by atoms with E-state index >= 15 is 0 Å². The number of cyclic esters (lactones) is 2. The van der Waals surface area contributed by atoms with Gasteiger partial charge >= 0.3 is 11.9 Å². The number of aliphatic hydroxyl groups excluding tert-OH is 1. The number of nitrogens with zero attached hydrogens (tertiary/aromatic N) is 4. The average Bonchev–Trinajstić information content (AvgIpc) is 4.07. The zero-order valence-electron chi connectivity index (χ0n) is 43.3. The Balaban J connectivity index is 0.000000213. The number of ether oxygens (including phenoxy) is 4. The van der Waals surface area contributed by atoms with E-state index in [1.165, 1.54) is 4.90 Å². The molecule has 8 rings (SSSR count). The minimum Gasteiger partial charge on any atom is -0.496 e. The molecule has 17 heteroatoms. The Kier molecular flexibility index (Phi) is 16.2. The van der Waals surface area contributed by atoms with Gasteiger partial charge in [0.25, 0.3) is 11.8 Å². The number of hydrogen-bond acceptors (Lipinski definition) is 14. The number of para-hydroxylation sites is 2. The lowest BCUT2D eigenvalue weighted by molar-refractivity contribution is -0.196. The molecule has 0 spiro atoms. The molecule has 16 nitrogen and oxygen atoms in total. The molecule has 0 unspecified atom stereocenters. The highest BCUT2D eigenvalue weighted by Gasteiger charge is 2.58. The first-order valence-electron chi connectivity index (χ1n) is 24.1. The second kappa shape index (κ2) is 21.6. The number of carbonyl (C=O) groups excluding carboxylic acids is 4. The van der Waals surface area contributed by atoms with Gasteiger partial charge in [0, 0.05) is 61.6 Å². The summed E-state index contributed by atoms with van der Waals surface area (Å²) in [7, 11) is 8.15. The van der Waals surface area contributed by atoms with Crippen LogP contribution in [0.25, 0.3) is 22.3 Å². The standard InChI is InChI=1S/C30H42N2O6Si.C24H28N2O6/c1-19-25-24(18-36-39(8,9)30(2,3)4)38-32(26(25)29(34)37-19)17-22-11-10-12-23(27(22)35-7)20-13-15-21(16-14-20)28(33)31(5)6;1-14-20-19(13-27)32-26(21(20)24(29)31-14)12-17-6-5-7-18(22(17)30-4)15-8-10-16(11-9-15)23(28)25(2)3/h10-16,19,24-26H,17-18H2,1-9H3;5-11,14,19-21,27H,12-13H2,1-4H3/t19-,24-,25+,26-;14-,19-,20+,21-/m00/s1. The predicted molar refractivity (Wildman–Crippen MR) is 270 cm³/mol. The van der Waals surface area contributed by atoms with Crippen molar-refractivity contribution in [2.24, 2.45) is 11.8 Å². The average molecular weight is 995 g/mol. The summed E-state index contributed by atoms with van der Waals surface area (Å²) < 4.78 is 29.2. The monoisotopic (exact) mass is 994 g/mol. The summed E-state index contributed by atoms with van der Waals surface area (Å²) in [5.41, 5.74) is 6.55. The minimum atomic E-state index is -2.00. The first kappa shape index (κ1) is 53.1. The van der Waals surface area contributed by atoms with Crippen LogP contribution in [0.2, 0.25) is 18.1 Å². The van der Waals surface area contributed by atoms with Gasteiger partial charge in [-0.15, -0.1) is 0 Å². The third-order valence-electron chi connectivity index (χ3n) is 14.5. The molecule has 4 aliphatic heterocycles. The maximum atomic E-state index is 12.9. The SMILES string of the molecule is COc1c(CN2O[C@@H](CO)[C@H]3[C@H](C)OC(=O)[C@H]32)cccc1-c1ccc(C(=O)N(C)C)cc1.COc1c(CN2O[C@@H](CO[Si](C)(C)C(C)(C)C)[C@H]3[C@H](C)OC(=O)[C@H]32)cccc1-c1ccc(C(=O)N(C)C)cc1. The van der Waals surface area contributed by atoms with Crippen molar-refractivity contribution in [1.82, 2.24) is 19.9 Å². The Bertz CT molecular complexity index is 2560. The highest BCUT2D eigenvalue weighted by molar-refractivity contribution is 6.74. The topological polar surface area (TPSA) is 166 Å². The van der Waals surface area contributed by atoms with Crippen LogP contribution in [0.5, 0.6) is 11.5 Å². The molecule has 4 heterocycles. The van der Waals surface area contributed by atoms with Crippen molar-refractivity contribution in [3.05, 3.63) is 107 Å². The van der Waals surface area contributed by atoms with Crippen molar-refractivity contribution in [2.75, 3.05) is 55.6 Å². The molecule has 0 radical (unpaired) electrons. The fourth-order valence-electron chi connectivity index (χ4n) is 9.61. The van der Waals surface area contributed by atoms with E-state index in [9.17, 15) is 24.3 Å². The Morgan fingerprint density at radius 1 is 0.648 bits per heavy atom. The van der Waals surface area contributed by atoms with Crippen LogP contribution in [0.15, 0.2) is 84.9 Å². The molecule has 382 valence electrons. The van der Waals surface area contributed by atoms with Crippen LogP contribution in [0, 0.1) is 11.8 Å². The number of carbonyl (C=O) groups is 4. The van der Waals surface area contributed by atoms with Gasteiger partial charge in [0.2, 0.25) is 0 Å². The number of benzene rings is 4. The first-order valence-corrected chi connectivity index (χ1v) is 27.0. The maximum absolute atomic E-state index is 12.9. The molecule has 0 bridgehead atoms. The molecule has 8 atom stereocenters.